The topological polar surface area (TPSA) is 63.7 Å². The second-order valence-electron chi connectivity index (χ2n) is 5.85. The van der Waals surface area contributed by atoms with Gasteiger partial charge in [-0.25, -0.2) is 8.42 Å². The summed E-state index contributed by atoms with van der Waals surface area (Å²) in [6.45, 7) is 0. The van der Waals surface area contributed by atoms with Crippen molar-refractivity contribution < 1.29 is 17.9 Å². The van der Waals surface area contributed by atoms with Gasteiger partial charge in [-0.1, -0.05) is 30.3 Å². The van der Waals surface area contributed by atoms with Crippen LogP contribution in [0.2, 0.25) is 0 Å². The molecule has 2 aromatic carbocycles. The highest BCUT2D eigenvalue weighted by Gasteiger charge is 2.31. The van der Waals surface area contributed by atoms with Crippen molar-refractivity contribution in [3.05, 3.63) is 71.6 Å². The Hall–Kier alpha value is -2.60. The van der Waals surface area contributed by atoms with Crippen molar-refractivity contribution in [3.8, 4) is 5.75 Å². The van der Waals surface area contributed by atoms with Crippen LogP contribution in [0.4, 0.5) is 5.69 Å². The summed E-state index contributed by atoms with van der Waals surface area (Å²) in [6.07, 6.45) is 1.78. The third-order valence-electron chi connectivity index (χ3n) is 4.06. The van der Waals surface area contributed by atoms with Crippen LogP contribution in [0.3, 0.4) is 0 Å². The fourth-order valence-electron chi connectivity index (χ4n) is 2.84. The quantitative estimate of drug-likeness (QED) is 0.825. The first-order chi connectivity index (χ1) is 12.0. The summed E-state index contributed by atoms with van der Waals surface area (Å²) in [5.41, 5.74) is 1.53. The Morgan fingerprint density at radius 1 is 1.12 bits per heavy atom. The van der Waals surface area contributed by atoms with Gasteiger partial charge in [-0.05, 0) is 35.9 Å². The first-order valence-electron chi connectivity index (χ1n) is 7.89. The number of ether oxygens (including phenoxy) is 1. The van der Waals surface area contributed by atoms with Crippen LogP contribution < -0.4 is 9.64 Å². The number of hydrogen-bond donors (Lipinski definition) is 0. The number of methoxy groups -OCH3 is 1. The van der Waals surface area contributed by atoms with Crippen LogP contribution in [0.15, 0.2) is 66.1 Å². The molecule has 1 heterocycles. The average molecular weight is 357 g/mol. The van der Waals surface area contributed by atoms with Crippen molar-refractivity contribution in [2.75, 3.05) is 17.8 Å². The molecule has 0 bridgehead atoms. The number of benzene rings is 2. The highest BCUT2D eigenvalue weighted by atomic mass is 32.2. The van der Waals surface area contributed by atoms with Crippen molar-refractivity contribution in [3.63, 3.8) is 0 Å². The minimum Gasteiger partial charge on any atom is -0.497 e. The zero-order valence-corrected chi connectivity index (χ0v) is 14.6. The molecule has 3 rings (SSSR count). The van der Waals surface area contributed by atoms with E-state index in [2.05, 4.69) is 0 Å². The van der Waals surface area contributed by atoms with Crippen LogP contribution in [0, 0.1) is 0 Å². The molecule has 1 atom stereocenters. The van der Waals surface area contributed by atoms with Gasteiger partial charge in [-0.15, -0.1) is 0 Å². The Balaban J connectivity index is 1.91. The summed E-state index contributed by atoms with van der Waals surface area (Å²) < 4.78 is 28.8. The summed E-state index contributed by atoms with van der Waals surface area (Å²) in [4.78, 5) is 14.5. The second-order valence-corrected chi connectivity index (χ2v) is 7.78. The molecule has 2 aromatic rings. The number of nitrogens with zero attached hydrogens (tertiary/aromatic N) is 1. The van der Waals surface area contributed by atoms with Gasteiger partial charge in [0.1, 0.15) is 5.75 Å². The van der Waals surface area contributed by atoms with Gasteiger partial charge in [0.15, 0.2) is 9.84 Å². The van der Waals surface area contributed by atoms with Crippen molar-refractivity contribution in [2.45, 2.75) is 12.5 Å². The maximum atomic E-state index is 12.9. The van der Waals surface area contributed by atoms with Crippen molar-refractivity contribution in [1.82, 2.24) is 0 Å². The Kier molecular flexibility index (Phi) is 4.90. The van der Waals surface area contributed by atoms with Gasteiger partial charge >= 0.3 is 0 Å². The van der Waals surface area contributed by atoms with E-state index in [9.17, 15) is 13.2 Å². The first-order valence-corrected chi connectivity index (χ1v) is 9.61. The van der Waals surface area contributed by atoms with Gasteiger partial charge in [-0.3, -0.25) is 4.79 Å². The SMILES string of the molecule is COc1ccc(N(C(=O)Cc2ccccc2)[C@H]2C=CS(=O)(=O)C2)cc1. The molecule has 0 saturated heterocycles. The van der Waals surface area contributed by atoms with Crippen LogP contribution in [0.1, 0.15) is 5.56 Å². The number of hydrogen-bond acceptors (Lipinski definition) is 4. The van der Waals surface area contributed by atoms with E-state index in [1.165, 1.54) is 5.41 Å². The zero-order valence-electron chi connectivity index (χ0n) is 13.8. The minimum absolute atomic E-state index is 0.0977. The molecule has 0 fully saturated rings. The number of carbonyl (C=O) groups excluding carboxylic acids is 1. The Morgan fingerprint density at radius 2 is 1.80 bits per heavy atom. The van der Waals surface area contributed by atoms with Crippen molar-refractivity contribution in [2.24, 2.45) is 0 Å². The molecular formula is C19H19NO4S. The highest BCUT2D eigenvalue weighted by molar-refractivity contribution is 7.94. The molecule has 0 unspecified atom stereocenters. The smallest absolute Gasteiger partial charge is 0.231 e. The number of anilines is 1. The van der Waals surface area contributed by atoms with E-state index in [0.717, 1.165) is 5.56 Å². The van der Waals surface area contributed by atoms with Gasteiger partial charge < -0.3 is 9.64 Å². The van der Waals surface area contributed by atoms with Crippen LogP contribution in [0.5, 0.6) is 5.75 Å². The zero-order chi connectivity index (χ0) is 17.9. The van der Waals surface area contributed by atoms with E-state index < -0.39 is 15.9 Å². The Morgan fingerprint density at radius 3 is 2.36 bits per heavy atom. The van der Waals surface area contributed by atoms with Crippen LogP contribution in [-0.4, -0.2) is 33.2 Å². The molecule has 1 amide bonds. The molecule has 25 heavy (non-hydrogen) atoms. The summed E-state index contributed by atoms with van der Waals surface area (Å²) in [5.74, 6) is 0.427. The fraction of sp³-hybridized carbons (Fsp3) is 0.211. The lowest BCUT2D eigenvalue weighted by molar-refractivity contribution is -0.118. The molecule has 0 aromatic heterocycles. The van der Waals surface area contributed by atoms with Crippen LogP contribution in [-0.2, 0) is 21.1 Å². The fourth-order valence-corrected chi connectivity index (χ4v) is 4.11. The molecule has 1 aliphatic rings. The lowest BCUT2D eigenvalue weighted by atomic mass is 10.1. The predicted molar refractivity (Wildman–Crippen MR) is 97.3 cm³/mol. The molecule has 0 N–H and O–H groups in total. The maximum Gasteiger partial charge on any atom is 0.231 e. The Labute approximate surface area is 147 Å². The predicted octanol–water partition coefficient (Wildman–Crippen LogP) is 2.58. The van der Waals surface area contributed by atoms with Crippen molar-refractivity contribution in [1.29, 1.82) is 0 Å². The minimum atomic E-state index is -3.27. The van der Waals surface area contributed by atoms with E-state index in [0.29, 0.717) is 11.4 Å². The average Bonchev–Trinajstić information content (AvgIpc) is 2.96. The number of rotatable bonds is 5. The van der Waals surface area contributed by atoms with Crippen molar-refractivity contribution >= 4 is 21.4 Å². The lowest BCUT2D eigenvalue weighted by Crippen LogP contribution is -2.42. The molecule has 0 spiro atoms. The molecular weight excluding hydrogens is 338 g/mol. The number of amides is 1. The molecule has 5 nitrogen and oxygen atoms in total. The van der Waals surface area contributed by atoms with E-state index in [1.54, 1.807) is 42.4 Å². The summed E-state index contributed by atoms with van der Waals surface area (Å²) in [5, 5.41) is 1.18. The lowest BCUT2D eigenvalue weighted by Gasteiger charge is -2.28. The van der Waals surface area contributed by atoms with Gasteiger partial charge in [0, 0.05) is 11.1 Å². The third kappa shape index (κ3) is 4.09. The molecule has 6 heteroatoms. The van der Waals surface area contributed by atoms with Gasteiger partial charge in [0.25, 0.3) is 0 Å². The third-order valence-corrected chi connectivity index (χ3v) is 5.44. The highest BCUT2D eigenvalue weighted by Crippen LogP contribution is 2.26. The second kappa shape index (κ2) is 7.11. The molecule has 0 saturated carbocycles. The normalized spacial score (nSPS) is 18.0. The van der Waals surface area contributed by atoms with E-state index >= 15 is 0 Å². The van der Waals surface area contributed by atoms with Gasteiger partial charge in [-0.2, -0.15) is 0 Å². The number of sulfone groups is 1. The van der Waals surface area contributed by atoms with Crippen LogP contribution in [0.25, 0.3) is 0 Å². The van der Waals surface area contributed by atoms with Gasteiger partial charge in [0.05, 0.1) is 25.3 Å². The monoisotopic (exact) mass is 357 g/mol. The molecule has 1 aliphatic heterocycles. The standard InChI is InChI=1S/C19H19NO4S/c1-24-18-9-7-16(8-10-18)20(17-11-12-25(22,23)14-17)19(21)13-15-5-3-2-4-6-15/h2-12,17H,13-14H2,1H3/t17-/m0/s1. The summed E-state index contributed by atoms with van der Waals surface area (Å²) in [7, 11) is -1.70. The molecule has 0 radical (unpaired) electrons. The van der Waals surface area contributed by atoms with Crippen LogP contribution >= 0.6 is 0 Å². The number of carbonyl (C=O) groups is 1. The molecule has 0 aliphatic carbocycles. The van der Waals surface area contributed by atoms with E-state index in [4.69, 9.17) is 4.74 Å². The summed E-state index contributed by atoms with van der Waals surface area (Å²) >= 11 is 0. The van der Waals surface area contributed by atoms with E-state index in [1.807, 2.05) is 30.3 Å². The maximum absolute atomic E-state index is 12.9. The summed E-state index contributed by atoms with van der Waals surface area (Å²) in [6, 6.07) is 15.9. The Bertz CT molecular complexity index is 873. The molecule has 130 valence electrons. The van der Waals surface area contributed by atoms with Gasteiger partial charge in [0.2, 0.25) is 5.91 Å². The largest absolute Gasteiger partial charge is 0.497 e. The van der Waals surface area contributed by atoms with E-state index in [-0.39, 0.29) is 18.1 Å². The first kappa shape index (κ1) is 17.2.